The molecule has 0 aromatic rings. The normalized spacial score (nSPS) is 12.0. The van der Waals surface area contributed by atoms with Crippen LogP contribution >= 0.6 is 21.6 Å². The van der Waals surface area contributed by atoms with Gasteiger partial charge in [-0.2, -0.15) is 0 Å². The van der Waals surface area contributed by atoms with Gasteiger partial charge in [-0.25, -0.2) is 0 Å². The quantitative estimate of drug-likeness (QED) is 0.0343. The smallest absolute Gasteiger partial charge is 0.157 e. The molecular weight excluding hydrogens is 1060 g/mol. The van der Waals surface area contributed by atoms with E-state index in [9.17, 15) is 19.2 Å². The first-order chi connectivity index (χ1) is 41.3. The van der Waals surface area contributed by atoms with Crippen molar-refractivity contribution in [3.05, 3.63) is 0 Å². The second-order valence-electron chi connectivity index (χ2n) is 27.0. The van der Waals surface area contributed by atoms with Crippen LogP contribution in [-0.4, -0.2) is 32.6 Å². The van der Waals surface area contributed by atoms with E-state index in [1.807, 2.05) is 13.8 Å². The van der Waals surface area contributed by atoms with E-state index >= 15 is 0 Å². The lowest BCUT2D eigenvalue weighted by molar-refractivity contribution is -0.132. The van der Waals surface area contributed by atoms with Crippen molar-refractivity contribution in [2.45, 2.75) is 475 Å². The standard InChI is InChI=1S/C78H150O4S2/c1-7-13-17-21-25-29-33-37-41-45-49-53-57-61-65-69-73(79)77(11-5,74(80)70-66-62-58-54-50-46-42-38-34-30-26-22-18-14-8-2)83-84-78(12-6,75(81)71-67-63-59-55-51-47-43-39-35-31-27-23-19-15-9-3)76(82)72-68-64-60-56-52-48-44-40-36-32-28-24-20-16-10-4/h7-72H2,1-6H3. The first kappa shape index (κ1) is 83.4. The van der Waals surface area contributed by atoms with Gasteiger partial charge in [0.1, 0.15) is 9.49 Å². The number of Topliss-reactive ketones (excluding diaryl/α,β-unsaturated/α-hetero) is 4. The summed E-state index contributed by atoms with van der Waals surface area (Å²) in [6, 6.07) is 0. The highest BCUT2D eigenvalue weighted by Gasteiger charge is 2.50. The molecule has 84 heavy (non-hydrogen) atoms. The van der Waals surface area contributed by atoms with Crippen LogP contribution in [0.2, 0.25) is 0 Å². The van der Waals surface area contributed by atoms with Crippen LogP contribution in [0.25, 0.3) is 0 Å². The number of carbonyl (C=O) groups excluding carboxylic acids is 4. The monoisotopic (exact) mass is 1220 g/mol. The van der Waals surface area contributed by atoms with Gasteiger partial charge in [0.25, 0.3) is 0 Å². The molecule has 0 unspecified atom stereocenters. The van der Waals surface area contributed by atoms with Crippen LogP contribution < -0.4 is 0 Å². The Kier molecular flexibility index (Phi) is 64.9. The zero-order valence-electron chi connectivity index (χ0n) is 58.1. The molecule has 0 amide bonds. The van der Waals surface area contributed by atoms with E-state index in [0.29, 0.717) is 38.5 Å². The molecule has 0 aliphatic heterocycles. The summed E-state index contributed by atoms with van der Waals surface area (Å²) < 4.78 is -2.44. The fourth-order valence-corrected chi connectivity index (χ4v) is 17.0. The van der Waals surface area contributed by atoms with E-state index in [-0.39, 0.29) is 23.1 Å². The number of carbonyl (C=O) groups is 4. The maximum atomic E-state index is 14.8. The number of hydrogen-bond acceptors (Lipinski definition) is 6. The van der Waals surface area contributed by atoms with E-state index in [2.05, 4.69) is 27.7 Å². The minimum Gasteiger partial charge on any atom is -0.298 e. The van der Waals surface area contributed by atoms with E-state index in [1.54, 1.807) is 0 Å². The zero-order valence-corrected chi connectivity index (χ0v) is 59.8. The van der Waals surface area contributed by atoms with Gasteiger partial charge in [0.2, 0.25) is 0 Å². The summed E-state index contributed by atoms with van der Waals surface area (Å²) in [5.41, 5.74) is 0. The highest BCUT2D eigenvalue weighted by atomic mass is 33.1. The Bertz CT molecular complexity index is 1210. The van der Waals surface area contributed by atoms with Gasteiger partial charge < -0.3 is 0 Å². The van der Waals surface area contributed by atoms with Gasteiger partial charge in [0.15, 0.2) is 23.1 Å². The SMILES string of the molecule is CCCCCCCCCCCCCCCCCC(=O)C(CC)(SSC(CC)(C(=O)CCCCCCCCCCCCCCCCC)C(=O)CCCCCCCCCCCCCCCCC)C(=O)CCCCCCCCCCCCCCCCC. The molecule has 0 radical (unpaired) electrons. The van der Waals surface area contributed by atoms with Crippen LogP contribution in [-0.2, 0) is 19.2 Å². The van der Waals surface area contributed by atoms with E-state index in [4.69, 9.17) is 0 Å². The Morgan fingerprint density at radius 1 is 0.179 bits per heavy atom. The summed E-state index contributed by atoms with van der Waals surface area (Å²) in [5.74, 6) is 0.159. The first-order valence-corrected chi connectivity index (χ1v) is 40.9. The van der Waals surface area contributed by atoms with Crippen molar-refractivity contribution < 1.29 is 19.2 Å². The summed E-state index contributed by atoms with van der Waals surface area (Å²) in [6.45, 7) is 13.2. The summed E-state index contributed by atoms with van der Waals surface area (Å²) in [7, 11) is 2.70. The van der Waals surface area contributed by atoms with Crippen molar-refractivity contribution in [1.29, 1.82) is 0 Å². The third-order valence-corrected chi connectivity index (χ3v) is 23.3. The lowest BCUT2D eigenvalue weighted by Gasteiger charge is -2.35. The molecule has 0 rings (SSSR count). The molecule has 0 aromatic carbocycles. The van der Waals surface area contributed by atoms with E-state index in [1.165, 1.54) is 330 Å². The third-order valence-electron chi connectivity index (χ3n) is 19.2. The second kappa shape index (κ2) is 65.3. The molecule has 0 atom stereocenters. The summed E-state index contributed by atoms with van der Waals surface area (Å²) >= 11 is 0. The summed E-state index contributed by atoms with van der Waals surface area (Å²) in [5, 5.41) is 0. The molecule has 0 fully saturated rings. The minimum absolute atomic E-state index is 0.0397. The Morgan fingerprint density at radius 2 is 0.286 bits per heavy atom. The average Bonchev–Trinajstić information content (AvgIpc) is 1.94. The maximum absolute atomic E-state index is 14.8. The maximum Gasteiger partial charge on any atom is 0.157 e. The molecule has 0 saturated carbocycles. The lowest BCUT2D eigenvalue weighted by Crippen LogP contribution is -2.46. The number of hydrogen-bond donors (Lipinski definition) is 0. The fourth-order valence-electron chi connectivity index (χ4n) is 13.0. The molecule has 6 heteroatoms. The third kappa shape index (κ3) is 48.3. The molecule has 0 aromatic heterocycles. The summed E-state index contributed by atoms with van der Waals surface area (Å²) in [4.78, 5) is 59.2. The first-order valence-electron chi connectivity index (χ1n) is 38.8. The topological polar surface area (TPSA) is 68.3 Å². The fraction of sp³-hybridized carbons (Fsp3) is 0.949. The number of ketones is 4. The van der Waals surface area contributed by atoms with Crippen LogP contribution in [0.4, 0.5) is 0 Å². The number of rotatable bonds is 73. The van der Waals surface area contributed by atoms with Crippen LogP contribution in [0, 0.1) is 0 Å². The Balaban J connectivity index is 5.77. The molecule has 0 heterocycles. The lowest BCUT2D eigenvalue weighted by atomic mass is 9.88. The van der Waals surface area contributed by atoms with Crippen LogP contribution in [0.15, 0.2) is 0 Å². The molecule has 0 aliphatic rings. The van der Waals surface area contributed by atoms with Crippen LogP contribution in [0.3, 0.4) is 0 Å². The molecule has 0 aliphatic carbocycles. The van der Waals surface area contributed by atoms with Gasteiger partial charge in [0.05, 0.1) is 0 Å². The Hall–Kier alpha value is -0.620. The van der Waals surface area contributed by atoms with Crippen molar-refractivity contribution in [2.24, 2.45) is 0 Å². The van der Waals surface area contributed by atoms with Gasteiger partial charge in [-0.05, 0) is 38.5 Å². The van der Waals surface area contributed by atoms with Crippen LogP contribution in [0.5, 0.6) is 0 Å². The van der Waals surface area contributed by atoms with Crippen molar-refractivity contribution in [3.63, 3.8) is 0 Å². The average molecular weight is 1220 g/mol. The second-order valence-corrected chi connectivity index (χ2v) is 29.7. The molecule has 0 bridgehead atoms. The largest absolute Gasteiger partial charge is 0.298 e. The Labute approximate surface area is 535 Å². The van der Waals surface area contributed by atoms with Crippen molar-refractivity contribution >= 4 is 44.7 Å². The van der Waals surface area contributed by atoms with Gasteiger partial charge in [-0.15, -0.1) is 0 Å². The molecular formula is C78H150O4S2. The molecule has 498 valence electrons. The predicted molar refractivity (Wildman–Crippen MR) is 379 cm³/mol. The van der Waals surface area contributed by atoms with Crippen molar-refractivity contribution in [3.8, 4) is 0 Å². The molecule has 4 nitrogen and oxygen atoms in total. The molecule has 0 N–H and O–H groups in total. The van der Waals surface area contributed by atoms with Crippen LogP contribution in [0.1, 0.15) is 465 Å². The predicted octanol–water partition coefficient (Wildman–Crippen LogP) is 28.0. The van der Waals surface area contributed by atoms with Crippen molar-refractivity contribution in [2.75, 3.05) is 0 Å². The van der Waals surface area contributed by atoms with Gasteiger partial charge in [-0.1, -0.05) is 423 Å². The van der Waals surface area contributed by atoms with Gasteiger partial charge in [0, 0.05) is 25.7 Å². The molecule has 0 spiro atoms. The minimum atomic E-state index is -1.22. The highest BCUT2D eigenvalue weighted by molar-refractivity contribution is 8.78. The van der Waals surface area contributed by atoms with E-state index in [0.717, 1.165) is 77.0 Å². The van der Waals surface area contributed by atoms with Gasteiger partial charge in [-0.3, -0.25) is 19.2 Å². The van der Waals surface area contributed by atoms with Gasteiger partial charge >= 0.3 is 0 Å². The summed E-state index contributed by atoms with van der Waals surface area (Å²) in [6.07, 6.45) is 79.0. The number of unbranched alkanes of at least 4 members (excludes halogenated alkanes) is 56. The van der Waals surface area contributed by atoms with E-state index < -0.39 is 9.49 Å². The zero-order chi connectivity index (χ0) is 61.4. The van der Waals surface area contributed by atoms with Crippen molar-refractivity contribution in [1.82, 2.24) is 0 Å². The Morgan fingerprint density at radius 3 is 0.393 bits per heavy atom. The highest BCUT2D eigenvalue weighted by Crippen LogP contribution is 2.51. The molecule has 0 saturated heterocycles.